The smallest absolute Gasteiger partial charge is 0.338 e. The van der Waals surface area contributed by atoms with Gasteiger partial charge in [0.05, 0.1) is 19.4 Å². The molecule has 0 spiro atoms. The normalized spacial score (nSPS) is 18.4. The number of methoxy groups -OCH3 is 1. The number of nitrogens with one attached hydrogen (secondary N) is 2. The Hall–Kier alpha value is -3.10. The summed E-state index contributed by atoms with van der Waals surface area (Å²) in [6.45, 7) is 4.95. The SMILES string of the molecule is COc1ccc2oc(=O)cc(N(Cc3ccc(OCCCC4CCCNC4)c(F)c3)C3CCNCC3)c2c1. The first kappa shape index (κ1) is 26.5. The summed E-state index contributed by atoms with van der Waals surface area (Å²) in [5.41, 5.74) is 1.70. The van der Waals surface area contributed by atoms with Gasteiger partial charge in [-0.1, -0.05) is 6.07 Å². The van der Waals surface area contributed by atoms with Gasteiger partial charge in [0.15, 0.2) is 11.6 Å². The number of hydrogen-bond donors (Lipinski definition) is 2. The van der Waals surface area contributed by atoms with Crippen molar-refractivity contribution in [2.75, 3.05) is 44.8 Å². The molecule has 204 valence electrons. The third kappa shape index (κ3) is 6.48. The lowest BCUT2D eigenvalue weighted by molar-refractivity contribution is 0.266. The van der Waals surface area contributed by atoms with E-state index in [1.807, 2.05) is 12.1 Å². The summed E-state index contributed by atoms with van der Waals surface area (Å²) in [7, 11) is 1.62. The zero-order valence-corrected chi connectivity index (χ0v) is 22.1. The quantitative estimate of drug-likeness (QED) is 0.290. The first-order valence-electron chi connectivity index (χ1n) is 13.8. The van der Waals surface area contributed by atoms with Gasteiger partial charge >= 0.3 is 5.63 Å². The van der Waals surface area contributed by atoms with Crippen molar-refractivity contribution in [1.82, 2.24) is 10.6 Å². The minimum absolute atomic E-state index is 0.195. The molecule has 2 fully saturated rings. The lowest BCUT2D eigenvalue weighted by Crippen LogP contribution is -2.43. The Morgan fingerprint density at radius 1 is 1.05 bits per heavy atom. The summed E-state index contributed by atoms with van der Waals surface area (Å²) in [5, 5.41) is 7.65. The molecule has 0 radical (unpaired) electrons. The van der Waals surface area contributed by atoms with Crippen molar-refractivity contribution in [3.63, 3.8) is 0 Å². The van der Waals surface area contributed by atoms with Gasteiger partial charge in [-0.15, -0.1) is 0 Å². The molecule has 0 amide bonds. The predicted molar refractivity (Wildman–Crippen MR) is 148 cm³/mol. The predicted octanol–water partition coefficient (Wildman–Crippen LogP) is 4.86. The van der Waals surface area contributed by atoms with E-state index >= 15 is 4.39 Å². The number of hydrogen-bond acceptors (Lipinski definition) is 7. The van der Waals surface area contributed by atoms with Crippen molar-refractivity contribution in [1.29, 1.82) is 0 Å². The van der Waals surface area contributed by atoms with Crippen molar-refractivity contribution in [2.24, 2.45) is 5.92 Å². The third-order valence-corrected chi connectivity index (χ3v) is 7.75. The summed E-state index contributed by atoms with van der Waals surface area (Å²) in [6.07, 6.45) is 6.35. The monoisotopic (exact) mass is 523 g/mol. The first-order chi connectivity index (χ1) is 18.6. The van der Waals surface area contributed by atoms with Gasteiger partial charge in [-0.3, -0.25) is 0 Å². The Bertz CT molecular complexity index is 1270. The van der Waals surface area contributed by atoms with Crippen molar-refractivity contribution in [2.45, 2.75) is 51.1 Å². The molecule has 1 atom stereocenters. The van der Waals surface area contributed by atoms with Crippen LogP contribution in [0.3, 0.4) is 0 Å². The Balaban J connectivity index is 1.34. The number of rotatable bonds is 10. The van der Waals surface area contributed by atoms with Gasteiger partial charge in [0.25, 0.3) is 0 Å². The van der Waals surface area contributed by atoms with E-state index in [2.05, 4.69) is 15.5 Å². The van der Waals surface area contributed by atoms with E-state index in [1.54, 1.807) is 37.4 Å². The molecule has 2 aliphatic rings. The summed E-state index contributed by atoms with van der Waals surface area (Å²) < 4.78 is 31.8. The minimum atomic E-state index is -0.407. The van der Waals surface area contributed by atoms with Crippen LogP contribution in [0.25, 0.3) is 11.0 Å². The molecule has 1 unspecified atom stereocenters. The van der Waals surface area contributed by atoms with Crippen molar-refractivity contribution in [3.8, 4) is 11.5 Å². The molecule has 0 bridgehead atoms. The molecule has 1 aromatic heterocycles. The van der Waals surface area contributed by atoms with E-state index in [9.17, 15) is 4.79 Å². The molecule has 3 heterocycles. The third-order valence-electron chi connectivity index (χ3n) is 7.75. The van der Waals surface area contributed by atoms with Crippen LogP contribution in [0.15, 0.2) is 51.7 Å². The largest absolute Gasteiger partial charge is 0.497 e. The minimum Gasteiger partial charge on any atom is -0.497 e. The maximum atomic E-state index is 15.1. The van der Waals surface area contributed by atoms with Crippen molar-refractivity contribution in [3.05, 3.63) is 64.3 Å². The fraction of sp³-hybridized carbons (Fsp3) is 0.500. The first-order valence-corrected chi connectivity index (χ1v) is 13.8. The standard InChI is InChI=1S/C30H38FN3O4/c1-36-24-7-9-28-25(17-24)27(18-30(35)38-28)34(23-10-13-32-14-11-23)20-22-6-8-29(26(31)16-22)37-15-3-5-21-4-2-12-33-19-21/h6-9,16-18,21,23,32-33H,2-5,10-15,19-20H2,1H3. The van der Waals surface area contributed by atoms with E-state index in [4.69, 9.17) is 13.9 Å². The number of anilines is 1. The maximum Gasteiger partial charge on any atom is 0.338 e. The second-order valence-electron chi connectivity index (χ2n) is 10.4. The highest BCUT2D eigenvalue weighted by Crippen LogP contribution is 2.33. The topological polar surface area (TPSA) is 76.0 Å². The van der Waals surface area contributed by atoms with Crippen LogP contribution < -0.4 is 30.6 Å². The zero-order valence-electron chi connectivity index (χ0n) is 22.1. The molecule has 3 aromatic rings. The van der Waals surface area contributed by atoms with Crippen molar-refractivity contribution >= 4 is 16.7 Å². The second kappa shape index (κ2) is 12.6. The van der Waals surface area contributed by atoms with Gasteiger partial charge in [-0.05, 0) is 107 Å². The van der Waals surface area contributed by atoms with Gasteiger partial charge in [0.2, 0.25) is 0 Å². The Labute approximate surface area is 223 Å². The number of halogens is 1. The van der Waals surface area contributed by atoms with E-state index in [1.165, 1.54) is 12.8 Å². The van der Waals surface area contributed by atoms with Crippen molar-refractivity contribution < 1.29 is 18.3 Å². The summed E-state index contributed by atoms with van der Waals surface area (Å²) in [6, 6.07) is 12.4. The summed E-state index contributed by atoms with van der Waals surface area (Å²) in [5.74, 6) is 1.31. The highest BCUT2D eigenvalue weighted by Gasteiger charge is 2.25. The van der Waals surface area contributed by atoms with Gasteiger partial charge in [-0.2, -0.15) is 0 Å². The van der Waals surface area contributed by atoms with E-state index < -0.39 is 5.63 Å². The molecule has 2 aliphatic heterocycles. The molecule has 38 heavy (non-hydrogen) atoms. The lowest BCUT2D eigenvalue weighted by Gasteiger charge is -2.37. The molecule has 2 aromatic carbocycles. The fourth-order valence-electron chi connectivity index (χ4n) is 5.70. The average Bonchev–Trinajstić information content (AvgIpc) is 2.95. The van der Waals surface area contributed by atoms with Crippen LogP contribution in [-0.2, 0) is 6.54 Å². The number of nitrogens with zero attached hydrogens (tertiary/aromatic N) is 1. The van der Waals surface area contributed by atoms with E-state index in [0.717, 1.165) is 68.5 Å². The van der Waals surface area contributed by atoms with Crippen LogP contribution in [0.1, 0.15) is 44.1 Å². The van der Waals surface area contributed by atoms with Gasteiger partial charge in [0.1, 0.15) is 11.3 Å². The average molecular weight is 524 g/mol. The van der Waals surface area contributed by atoms with Crippen LogP contribution >= 0.6 is 0 Å². The summed E-state index contributed by atoms with van der Waals surface area (Å²) in [4.78, 5) is 14.7. The number of benzene rings is 2. The highest BCUT2D eigenvalue weighted by atomic mass is 19.1. The molecule has 0 saturated carbocycles. The van der Waals surface area contributed by atoms with Crippen LogP contribution in [0.4, 0.5) is 10.1 Å². The van der Waals surface area contributed by atoms with Crippen LogP contribution in [0.2, 0.25) is 0 Å². The molecule has 2 N–H and O–H groups in total. The number of piperidine rings is 2. The van der Waals surface area contributed by atoms with Crippen LogP contribution in [0, 0.1) is 11.7 Å². The molecule has 5 rings (SSSR count). The van der Waals surface area contributed by atoms with E-state index in [0.29, 0.717) is 36.2 Å². The molecule has 7 nitrogen and oxygen atoms in total. The van der Waals surface area contributed by atoms with Crippen LogP contribution in [0.5, 0.6) is 11.5 Å². The lowest BCUT2D eigenvalue weighted by atomic mass is 9.95. The van der Waals surface area contributed by atoms with E-state index in [-0.39, 0.29) is 11.9 Å². The Kier molecular flexibility index (Phi) is 8.81. The van der Waals surface area contributed by atoms with Gasteiger partial charge < -0.3 is 29.4 Å². The molecular formula is C30H38FN3O4. The number of fused-ring (bicyclic) bond motifs is 1. The molecular weight excluding hydrogens is 485 g/mol. The van der Waals surface area contributed by atoms with Gasteiger partial charge in [-0.25, -0.2) is 9.18 Å². The van der Waals surface area contributed by atoms with Gasteiger partial charge in [0, 0.05) is 24.0 Å². The number of ether oxygens (including phenoxy) is 2. The highest BCUT2D eigenvalue weighted by molar-refractivity contribution is 5.91. The second-order valence-corrected chi connectivity index (χ2v) is 10.4. The molecule has 2 saturated heterocycles. The Morgan fingerprint density at radius 2 is 1.92 bits per heavy atom. The summed E-state index contributed by atoms with van der Waals surface area (Å²) >= 11 is 0. The molecule has 8 heteroatoms. The van der Waals surface area contributed by atoms with Crippen LogP contribution in [-0.4, -0.2) is 45.9 Å². The molecule has 0 aliphatic carbocycles. The fourth-order valence-corrected chi connectivity index (χ4v) is 5.70. The Morgan fingerprint density at radius 3 is 2.68 bits per heavy atom. The zero-order chi connectivity index (χ0) is 26.3. The maximum absolute atomic E-state index is 15.1.